The summed E-state index contributed by atoms with van der Waals surface area (Å²) >= 11 is 0. The van der Waals surface area contributed by atoms with Crippen LogP contribution in [0, 0.1) is 0 Å². The summed E-state index contributed by atoms with van der Waals surface area (Å²) in [4.78, 5) is 0.318. The lowest BCUT2D eigenvalue weighted by Crippen LogP contribution is -2.53. The van der Waals surface area contributed by atoms with Crippen molar-refractivity contribution in [3.63, 3.8) is 0 Å². The molecular formula is C11H15NO3S. The average Bonchev–Trinajstić information content (AvgIpc) is 2.25. The van der Waals surface area contributed by atoms with E-state index in [1.807, 2.05) is 13.0 Å². The van der Waals surface area contributed by atoms with Gasteiger partial charge in [0.15, 0.2) is 0 Å². The van der Waals surface area contributed by atoms with Crippen LogP contribution < -0.4 is 0 Å². The molecule has 2 rings (SSSR count). The fourth-order valence-electron chi connectivity index (χ4n) is 1.69. The number of sulfonamides is 1. The molecule has 0 aliphatic carbocycles. The highest BCUT2D eigenvalue weighted by molar-refractivity contribution is 7.89. The predicted molar refractivity (Wildman–Crippen MR) is 60.6 cm³/mol. The second-order valence-corrected chi connectivity index (χ2v) is 5.91. The third-order valence-electron chi connectivity index (χ3n) is 2.77. The van der Waals surface area contributed by atoms with Crippen LogP contribution in [0.1, 0.15) is 12.5 Å². The fraction of sp³-hybridized carbons (Fsp3) is 0.455. The summed E-state index contributed by atoms with van der Waals surface area (Å²) in [6.07, 6.45) is 0.301. The zero-order chi connectivity index (χ0) is 11.8. The van der Waals surface area contributed by atoms with Crippen molar-refractivity contribution in [1.82, 2.24) is 4.31 Å². The highest BCUT2D eigenvalue weighted by atomic mass is 32.2. The Morgan fingerprint density at radius 3 is 2.69 bits per heavy atom. The summed E-state index contributed by atoms with van der Waals surface area (Å²) in [6, 6.07) is 6.95. The number of hydrogen-bond donors (Lipinski definition) is 1. The molecule has 0 bridgehead atoms. The molecule has 1 aliphatic rings. The maximum Gasteiger partial charge on any atom is 0.243 e. The van der Waals surface area contributed by atoms with Crippen LogP contribution in [-0.2, 0) is 16.4 Å². The highest BCUT2D eigenvalue weighted by Gasteiger charge is 2.35. The maximum absolute atomic E-state index is 12.0. The molecule has 0 amide bonds. The predicted octanol–water partition coefficient (Wildman–Crippen LogP) is 0.614. The minimum atomic E-state index is -3.39. The first-order chi connectivity index (χ1) is 7.54. The quantitative estimate of drug-likeness (QED) is 0.843. The zero-order valence-corrected chi connectivity index (χ0v) is 9.94. The third-order valence-corrected chi connectivity index (χ3v) is 4.60. The minimum Gasteiger partial charge on any atom is -0.390 e. The normalized spacial score (nSPS) is 18.4. The standard InChI is InChI=1S/C11H15NO3S/c1-2-9-4-3-5-11(6-9)16(14,15)12-7-10(13)8-12/h3-6,10,13H,2,7-8H2,1H3. The van der Waals surface area contributed by atoms with Crippen LogP contribution in [0.15, 0.2) is 29.2 Å². The molecule has 0 unspecified atom stereocenters. The molecule has 1 N–H and O–H groups in total. The Kier molecular flexibility index (Phi) is 3.01. The Balaban J connectivity index is 2.29. The van der Waals surface area contributed by atoms with E-state index in [-0.39, 0.29) is 13.1 Å². The van der Waals surface area contributed by atoms with Gasteiger partial charge in [0.1, 0.15) is 0 Å². The first-order valence-electron chi connectivity index (χ1n) is 5.31. The lowest BCUT2D eigenvalue weighted by Gasteiger charge is -2.34. The summed E-state index contributed by atoms with van der Waals surface area (Å²) in [7, 11) is -3.39. The second-order valence-electron chi connectivity index (χ2n) is 3.98. The van der Waals surface area contributed by atoms with Gasteiger partial charge in [-0.3, -0.25) is 0 Å². The van der Waals surface area contributed by atoms with Crippen LogP contribution >= 0.6 is 0 Å². The van der Waals surface area contributed by atoms with Crippen molar-refractivity contribution in [2.45, 2.75) is 24.3 Å². The summed E-state index contributed by atoms with van der Waals surface area (Å²) in [5.41, 5.74) is 1.00. The van der Waals surface area contributed by atoms with Crippen molar-refractivity contribution < 1.29 is 13.5 Å². The van der Waals surface area contributed by atoms with Gasteiger partial charge in [-0.2, -0.15) is 4.31 Å². The number of aliphatic hydroxyl groups excluding tert-OH is 1. The fourth-order valence-corrected chi connectivity index (χ4v) is 3.27. The van der Waals surface area contributed by atoms with Crippen molar-refractivity contribution in [3.8, 4) is 0 Å². The molecule has 0 spiro atoms. The van der Waals surface area contributed by atoms with Gasteiger partial charge in [0, 0.05) is 13.1 Å². The van der Waals surface area contributed by atoms with E-state index in [1.165, 1.54) is 4.31 Å². The highest BCUT2D eigenvalue weighted by Crippen LogP contribution is 2.22. The van der Waals surface area contributed by atoms with E-state index in [9.17, 15) is 8.42 Å². The summed E-state index contributed by atoms with van der Waals surface area (Å²) < 4.78 is 25.4. The monoisotopic (exact) mass is 241 g/mol. The van der Waals surface area contributed by atoms with Crippen LogP contribution in [0.2, 0.25) is 0 Å². The second kappa shape index (κ2) is 4.16. The number of nitrogens with zero attached hydrogens (tertiary/aromatic N) is 1. The van der Waals surface area contributed by atoms with E-state index in [1.54, 1.807) is 18.2 Å². The summed E-state index contributed by atoms with van der Waals surface area (Å²) in [5.74, 6) is 0. The van der Waals surface area contributed by atoms with Gasteiger partial charge in [0.2, 0.25) is 10.0 Å². The number of aliphatic hydroxyl groups is 1. The molecule has 4 nitrogen and oxygen atoms in total. The minimum absolute atomic E-state index is 0.207. The first-order valence-corrected chi connectivity index (χ1v) is 6.75. The van der Waals surface area contributed by atoms with E-state index < -0.39 is 16.1 Å². The van der Waals surface area contributed by atoms with Crippen molar-refractivity contribution in [2.24, 2.45) is 0 Å². The lowest BCUT2D eigenvalue weighted by molar-refractivity contribution is 0.0548. The van der Waals surface area contributed by atoms with Gasteiger partial charge >= 0.3 is 0 Å². The van der Waals surface area contributed by atoms with Crippen molar-refractivity contribution in [2.75, 3.05) is 13.1 Å². The number of benzene rings is 1. The van der Waals surface area contributed by atoms with Crippen LogP contribution in [0.5, 0.6) is 0 Å². The van der Waals surface area contributed by atoms with Crippen molar-refractivity contribution >= 4 is 10.0 Å². The number of rotatable bonds is 3. The molecule has 1 aromatic rings. The van der Waals surface area contributed by atoms with E-state index in [0.717, 1.165) is 12.0 Å². The van der Waals surface area contributed by atoms with Crippen LogP contribution in [0.4, 0.5) is 0 Å². The van der Waals surface area contributed by atoms with Gasteiger partial charge in [-0.1, -0.05) is 19.1 Å². The van der Waals surface area contributed by atoms with Crippen LogP contribution in [0.3, 0.4) is 0 Å². The molecule has 0 radical (unpaired) electrons. The first kappa shape index (κ1) is 11.6. The zero-order valence-electron chi connectivity index (χ0n) is 9.13. The van der Waals surface area contributed by atoms with Gasteiger partial charge in [0.05, 0.1) is 11.0 Å². The molecule has 16 heavy (non-hydrogen) atoms. The Hall–Kier alpha value is -0.910. The van der Waals surface area contributed by atoms with Crippen molar-refractivity contribution in [3.05, 3.63) is 29.8 Å². The number of β-amino-alcohol motifs (C(OH)–C–C–N with tert-alkyl or cyclic N) is 1. The molecule has 0 saturated carbocycles. The SMILES string of the molecule is CCc1cccc(S(=O)(=O)N2CC(O)C2)c1. The molecule has 1 aromatic carbocycles. The van der Waals surface area contributed by atoms with Crippen LogP contribution in [-0.4, -0.2) is 37.0 Å². The summed E-state index contributed by atoms with van der Waals surface area (Å²) in [6.45, 7) is 2.40. The average molecular weight is 241 g/mol. The lowest BCUT2D eigenvalue weighted by atomic mass is 10.2. The molecule has 1 aliphatic heterocycles. The molecule has 88 valence electrons. The summed E-state index contributed by atoms with van der Waals surface area (Å²) in [5, 5.41) is 9.12. The number of hydrogen-bond acceptors (Lipinski definition) is 3. The van der Waals surface area contributed by atoms with Gasteiger partial charge in [-0.05, 0) is 24.1 Å². The molecule has 1 saturated heterocycles. The topological polar surface area (TPSA) is 57.6 Å². The Bertz CT molecular complexity index is 478. The molecule has 1 fully saturated rings. The van der Waals surface area contributed by atoms with Gasteiger partial charge in [0.25, 0.3) is 0 Å². The largest absolute Gasteiger partial charge is 0.390 e. The van der Waals surface area contributed by atoms with Gasteiger partial charge < -0.3 is 5.11 Å². The van der Waals surface area contributed by atoms with Crippen molar-refractivity contribution in [1.29, 1.82) is 0 Å². The smallest absolute Gasteiger partial charge is 0.243 e. The van der Waals surface area contributed by atoms with Gasteiger partial charge in [-0.25, -0.2) is 8.42 Å². The maximum atomic E-state index is 12.0. The van der Waals surface area contributed by atoms with Gasteiger partial charge in [-0.15, -0.1) is 0 Å². The van der Waals surface area contributed by atoms with E-state index >= 15 is 0 Å². The molecule has 0 atom stereocenters. The molecule has 0 aromatic heterocycles. The Morgan fingerprint density at radius 1 is 1.44 bits per heavy atom. The van der Waals surface area contributed by atoms with E-state index in [0.29, 0.717) is 4.90 Å². The van der Waals surface area contributed by atoms with Crippen LogP contribution in [0.25, 0.3) is 0 Å². The number of aryl methyl sites for hydroxylation is 1. The van der Waals surface area contributed by atoms with E-state index in [4.69, 9.17) is 5.11 Å². The van der Waals surface area contributed by atoms with E-state index in [2.05, 4.69) is 0 Å². The molecule has 5 heteroatoms. The molecular weight excluding hydrogens is 226 g/mol. The third kappa shape index (κ3) is 1.98. The Labute approximate surface area is 95.6 Å². The molecule has 1 heterocycles. The Morgan fingerprint density at radius 2 is 2.12 bits per heavy atom.